The van der Waals surface area contributed by atoms with Crippen LogP contribution in [0.5, 0.6) is 0 Å². The largest absolute Gasteiger partial charge is 0.320 e. The SMILES string of the molecule is CCCC1CCc2nc(NC(=O)c3sccc3NC(=O)c3ccncc3)sc2C1. The van der Waals surface area contributed by atoms with Crippen molar-refractivity contribution < 1.29 is 9.59 Å². The van der Waals surface area contributed by atoms with Gasteiger partial charge in [0.1, 0.15) is 4.88 Å². The second kappa shape index (κ2) is 8.84. The number of amides is 2. The van der Waals surface area contributed by atoms with Crippen LogP contribution in [0.3, 0.4) is 0 Å². The zero-order valence-corrected chi connectivity index (χ0v) is 17.7. The van der Waals surface area contributed by atoms with E-state index in [-0.39, 0.29) is 11.8 Å². The van der Waals surface area contributed by atoms with Crippen LogP contribution in [-0.4, -0.2) is 21.8 Å². The average molecular weight is 427 g/mol. The number of hydrogen-bond acceptors (Lipinski definition) is 6. The maximum Gasteiger partial charge on any atom is 0.269 e. The zero-order valence-electron chi connectivity index (χ0n) is 16.1. The van der Waals surface area contributed by atoms with Crippen molar-refractivity contribution in [1.82, 2.24) is 9.97 Å². The van der Waals surface area contributed by atoms with Gasteiger partial charge in [-0.3, -0.25) is 19.9 Å². The van der Waals surface area contributed by atoms with E-state index >= 15 is 0 Å². The highest BCUT2D eigenvalue weighted by molar-refractivity contribution is 7.16. The van der Waals surface area contributed by atoms with Gasteiger partial charge in [0.25, 0.3) is 11.8 Å². The van der Waals surface area contributed by atoms with E-state index in [2.05, 4.69) is 27.5 Å². The summed E-state index contributed by atoms with van der Waals surface area (Å²) >= 11 is 2.87. The minimum atomic E-state index is -0.272. The van der Waals surface area contributed by atoms with Crippen molar-refractivity contribution in [1.29, 1.82) is 0 Å². The lowest BCUT2D eigenvalue weighted by Crippen LogP contribution is -2.16. The van der Waals surface area contributed by atoms with Crippen LogP contribution >= 0.6 is 22.7 Å². The molecular formula is C21H22N4O2S2. The van der Waals surface area contributed by atoms with Crippen LogP contribution in [0.15, 0.2) is 36.0 Å². The maximum atomic E-state index is 12.8. The first kappa shape index (κ1) is 19.7. The Kier molecular flexibility index (Phi) is 6.01. The fourth-order valence-corrected chi connectivity index (χ4v) is 5.45. The number of carbonyl (C=O) groups excluding carboxylic acids is 2. The molecule has 0 bridgehead atoms. The van der Waals surface area contributed by atoms with Gasteiger partial charge in [0.2, 0.25) is 0 Å². The topological polar surface area (TPSA) is 84.0 Å². The van der Waals surface area contributed by atoms with Crippen LogP contribution < -0.4 is 10.6 Å². The second-order valence-electron chi connectivity index (χ2n) is 7.09. The van der Waals surface area contributed by atoms with E-state index < -0.39 is 0 Å². The Bertz CT molecular complexity index is 1010. The molecule has 0 radical (unpaired) electrons. The van der Waals surface area contributed by atoms with Gasteiger partial charge in [-0.15, -0.1) is 22.7 Å². The minimum absolute atomic E-state index is 0.249. The highest BCUT2D eigenvalue weighted by Crippen LogP contribution is 2.34. The molecule has 2 amide bonds. The third-order valence-corrected chi connectivity index (χ3v) is 6.97. The fourth-order valence-electron chi connectivity index (χ4n) is 3.59. The molecule has 0 saturated heterocycles. The number of fused-ring (bicyclic) bond motifs is 1. The van der Waals surface area contributed by atoms with Gasteiger partial charge in [0.15, 0.2) is 5.13 Å². The molecule has 2 N–H and O–H groups in total. The van der Waals surface area contributed by atoms with E-state index in [1.807, 2.05) is 0 Å². The molecule has 1 aliphatic carbocycles. The fraction of sp³-hybridized carbons (Fsp3) is 0.333. The van der Waals surface area contributed by atoms with Crippen molar-refractivity contribution in [2.24, 2.45) is 5.92 Å². The summed E-state index contributed by atoms with van der Waals surface area (Å²) in [6.45, 7) is 2.22. The molecule has 1 unspecified atom stereocenters. The number of nitrogens with one attached hydrogen (secondary N) is 2. The van der Waals surface area contributed by atoms with E-state index in [9.17, 15) is 9.59 Å². The number of rotatable bonds is 6. The molecule has 0 aliphatic heterocycles. The van der Waals surface area contributed by atoms with Gasteiger partial charge < -0.3 is 5.32 Å². The molecule has 0 fully saturated rings. The lowest BCUT2D eigenvalue weighted by atomic mass is 9.88. The molecule has 3 aromatic heterocycles. The lowest BCUT2D eigenvalue weighted by molar-refractivity contribution is 0.102. The Morgan fingerprint density at radius 2 is 2.00 bits per heavy atom. The Balaban J connectivity index is 1.44. The van der Waals surface area contributed by atoms with Crippen molar-refractivity contribution in [3.8, 4) is 0 Å². The first-order valence-corrected chi connectivity index (χ1v) is 11.4. The van der Waals surface area contributed by atoms with Crippen LogP contribution in [0, 0.1) is 5.92 Å². The van der Waals surface area contributed by atoms with E-state index in [0.29, 0.717) is 21.3 Å². The molecule has 150 valence electrons. The van der Waals surface area contributed by atoms with Crippen molar-refractivity contribution in [3.63, 3.8) is 0 Å². The number of hydrogen-bond donors (Lipinski definition) is 2. The molecule has 29 heavy (non-hydrogen) atoms. The number of nitrogens with zero attached hydrogens (tertiary/aromatic N) is 2. The van der Waals surface area contributed by atoms with Crippen LogP contribution in [-0.2, 0) is 12.8 Å². The van der Waals surface area contributed by atoms with Crippen molar-refractivity contribution >= 4 is 45.3 Å². The van der Waals surface area contributed by atoms with Gasteiger partial charge >= 0.3 is 0 Å². The molecular weight excluding hydrogens is 404 g/mol. The molecule has 3 heterocycles. The van der Waals surface area contributed by atoms with E-state index in [1.165, 1.54) is 35.5 Å². The Morgan fingerprint density at radius 3 is 2.79 bits per heavy atom. The molecule has 3 aromatic rings. The molecule has 8 heteroatoms. The van der Waals surface area contributed by atoms with E-state index in [0.717, 1.165) is 24.5 Å². The maximum absolute atomic E-state index is 12.8. The minimum Gasteiger partial charge on any atom is -0.320 e. The molecule has 0 aromatic carbocycles. The van der Waals surface area contributed by atoms with Gasteiger partial charge in [0, 0.05) is 22.8 Å². The van der Waals surface area contributed by atoms with Gasteiger partial charge in [-0.2, -0.15) is 0 Å². The summed E-state index contributed by atoms with van der Waals surface area (Å²) in [5, 5.41) is 8.15. The van der Waals surface area contributed by atoms with Crippen LogP contribution in [0.1, 0.15) is 56.8 Å². The summed E-state index contributed by atoms with van der Waals surface area (Å²) in [5.74, 6) is 0.205. The van der Waals surface area contributed by atoms with Crippen LogP contribution in [0.2, 0.25) is 0 Å². The van der Waals surface area contributed by atoms with Gasteiger partial charge in [0.05, 0.1) is 11.4 Å². The third-order valence-electron chi connectivity index (χ3n) is 5.02. The van der Waals surface area contributed by atoms with Crippen LogP contribution in [0.4, 0.5) is 10.8 Å². The summed E-state index contributed by atoms with van der Waals surface area (Å²) in [4.78, 5) is 35.5. The average Bonchev–Trinajstić information content (AvgIpc) is 3.35. The number of pyridine rings is 1. The highest BCUT2D eigenvalue weighted by atomic mass is 32.1. The highest BCUT2D eigenvalue weighted by Gasteiger charge is 2.23. The summed E-state index contributed by atoms with van der Waals surface area (Å²) in [7, 11) is 0. The normalized spacial score (nSPS) is 15.6. The van der Waals surface area contributed by atoms with Crippen molar-refractivity contribution in [2.45, 2.75) is 39.0 Å². The second-order valence-corrected chi connectivity index (χ2v) is 9.09. The monoisotopic (exact) mass is 426 g/mol. The van der Waals surface area contributed by atoms with Crippen LogP contribution in [0.25, 0.3) is 0 Å². The Morgan fingerprint density at radius 1 is 1.17 bits per heavy atom. The number of carbonyl (C=O) groups is 2. The van der Waals surface area contributed by atoms with Gasteiger partial charge in [-0.05, 0) is 48.8 Å². The predicted molar refractivity (Wildman–Crippen MR) is 117 cm³/mol. The third kappa shape index (κ3) is 4.54. The summed E-state index contributed by atoms with van der Waals surface area (Å²) in [6, 6.07) is 5.00. The molecule has 1 atom stereocenters. The number of thiophene rings is 1. The molecule has 6 nitrogen and oxygen atoms in total. The number of aryl methyl sites for hydroxylation is 1. The molecule has 0 spiro atoms. The van der Waals surface area contributed by atoms with E-state index in [4.69, 9.17) is 0 Å². The zero-order chi connectivity index (χ0) is 20.2. The smallest absolute Gasteiger partial charge is 0.269 e. The number of anilines is 2. The number of thiazole rings is 1. The molecule has 1 aliphatic rings. The summed E-state index contributed by atoms with van der Waals surface area (Å²) in [6.07, 6.45) is 8.79. The summed E-state index contributed by atoms with van der Waals surface area (Å²) < 4.78 is 0. The van der Waals surface area contributed by atoms with Gasteiger partial charge in [-0.25, -0.2) is 4.98 Å². The predicted octanol–water partition coefficient (Wildman–Crippen LogP) is 5.01. The Labute approximate surface area is 177 Å². The first-order chi connectivity index (χ1) is 14.1. The number of aromatic nitrogens is 2. The van der Waals surface area contributed by atoms with Crippen molar-refractivity contribution in [3.05, 3.63) is 57.0 Å². The standard InChI is InChI=1S/C21H22N4O2S2/c1-2-3-13-4-5-15-17(12-13)29-21(24-15)25-20(27)18-16(8-11-28-18)23-19(26)14-6-9-22-10-7-14/h6-11,13H,2-5,12H2,1H3,(H,23,26)(H,24,25,27). The van der Waals surface area contributed by atoms with Crippen molar-refractivity contribution in [2.75, 3.05) is 10.6 Å². The first-order valence-electron chi connectivity index (χ1n) is 9.72. The quantitative estimate of drug-likeness (QED) is 0.580. The van der Waals surface area contributed by atoms with E-state index in [1.54, 1.807) is 47.3 Å². The molecule has 4 rings (SSSR count). The van der Waals surface area contributed by atoms with Gasteiger partial charge in [-0.1, -0.05) is 19.8 Å². The Hall–Kier alpha value is -2.58. The molecule has 0 saturated carbocycles. The summed E-state index contributed by atoms with van der Waals surface area (Å²) in [5.41, 5.74) is 2.11. The lowest BCUT2D eigenvalue weighted by Gasteiger charge is -2.19.